The lowest BCUT2D eigenvalue weighted by Crippen LogP contribution is -2.71. The van der Waals surface area contributed by atoms with Crippen molar-refractivity contribution in [3.63, 3.8) is 0 Å². The Hall–Kier alpha value is -1.54. The quantitative estimate of drug-likeness (QED) is 0.426. The zero-order valence-electron chi connectivity index (χ0n) is 12.6. The molecule has 1 saturated carbocycles. The van der Waals surface area contributed by atoms with Crippen molar-refractivity contribution in [2.75, 3.05) is 0 Å². The maximum Gasteiger partial charge on any atom is 0.126 e. The van der Waals surface area contributed by atoms with Crippen LogP contribution in [-0.2, 0) is 6.42 Å². The van der Waals surface area contributed by atoms with Crippen molar-refractivity contribution in [1.29, 1.82) is 0 Å². The summed E-state index contributed by atoms with van der Waals surface area (Å²) in [7, 11) is 0. The van der Waals surface area contributed by atoms with E-state index in [4.69, 9.17) is 0 Å². The third-order valence-electron chi connectivity index (χ3n) is 4.47. The van der Waals surface area contributed by atoms with Gasteiger partial charge in [-0.3, -0.25) is 0 Å². The fourth-order valence-electron chi connectivity index (χ4n) is 2.95. The molecule has 0 bridgehead atoms. The van der Waals surface area contributed by atoms with Crippen molar-refractivity contribution < 1.29 is 30.6 Å². The molecule has 2 rings (SSSR count). The number of aliphatic hydroxyl groups excluding tert-OH is 5. The van der Waals surface area contributed by atoms with Gasteiger partial charge in [0.25, 0.3) is 0 Å². The molecule has 0 aromatic heterocycles. The lowest BCUT2D eigenvalue weighted by Gasteiger charge is -2.48. The van der Waals surface area contributed by atoms with Gasteiger partial charge in [-0.1, -0.05) is 37.4 Å². The van der Waals surface area contributed by atoms with E-state index in [9.17, 15) is 30.6 Å². The van der Waals surface area contributed by atoms with Gasteiger partial charge in [-0.25, -0.2) is 0 Å². The Balaban J connectivity index is 2.40. The first-order valence-electron chi connectivity index (χ1n) is 7.26. The summed E-state index contributed by atoms with van der Waals surface area (Å²) in [6, 6.07) is 5.18. The van der Waals surface area contributed by atoms with Crippen molar-refractivity contribution >= 4 is 12.2 Å². The molecule has 0 amide bonds. The molecule has 0 heterocycles. The molecule has 6 heteroatoms. The van der Waals surface area contributed by atoms with Crippen molar-refractivity contribution in [1.82, 2.24) is 0 Å². The minimum atomic E-state index is -2.22. The largest absolute Gasteiger partial charge is 0.387 e. The molecule has 1 aromatic rings. The molecule has 0 spiro atoms. The van der Waals surface area contributed by atoms with E-state index in [0.717, 1.165) is 5.56 Å². The fraction of sp³-hybridized carbons (Fsp3) is 0.412. The SMILES string of the molecule is C=Cc1ccc(CC2(O)[C@H](O)[C@H](O)C(O)[C@H](O)[C@H]2O)c(C=C)c1. The molecule has 1 fully saturated rings. The first kappa shape index (κ1) is 17.8. The maximum atomic E-state index is 10.7. The minimum absolute atomic E-state index is 0.241. The van der Waals surface area contributed by atoms with Crippen molar-refractivity contribution in [3.8, 4) is 0 Å². The van der Waals surface area contributed by atoms with Gasteiger partial charge in [0.05, 0.1) is 0 Å². The zero-order valence-corrected chi connectivity index (χ0v) is 12.6. The van der Waals surface area contributed by atoms with E-state index < -0.39 is 36.1 Å². The van der Waals surface area contributed by atoms with Crippen LogP contribution in [0.4, 0.5) is 0 Å². The standard InChI is InChI=1S/C17H22O6/c1-3-9-5-6-11(10(4-2)7-9)8-17(23)15(21)13(19)12(18)14(20)16(17)22/h3-7,12-16,18-23H,1-2,8H2/t12?,13-,14+,15-,16-,17?/m1/s1. The summed E-state index contributed by atoms with van der Waals surface area (Å²) < 4.78 is 0. The lowest BCUT2D eigenvalue weighted by atomic mass is 9.71. The highest BCUT2D eigenvalue weighted by Crippen LogP contribution is 2.34. The highest BCUT2D eigenvalue weighted by molar-refractivity contribution is 5.59. The number of aliphatic hydroxyl groups is 6. The molecule has 1 aliphatic rings. The summed E-state index contributed by atoms with van der Waals surface area (Å²) in [5, 5.41) is 60.1. The molecule has 0 aliphatic heterocycles. The minimum Gasteiger partial charge on any atom is -0.387 e. The monoisotopic (exact) mass is 322 g/mol. The topological polar surface area (TPSA) is 121 Å². The number of hydrogen-bond acceptors (Lipinski definition) is 6. The smallest absolute Gasteiger partial charge is 0.126 e. The highest BCUT2D eigenvalue weighted by Gasteiger charge is 2.57. The summed E-state index contributed by atoms with van der Waals surface area (Å²) in [5.41, 5.74) is -0.172. The van der Waals surface area contributed by atoms with Gasteiger partial charge < -0.3 is 30.6 Å². The second-order valence-electron chi connectivity index (χ2n) is 5.90. The van der Waals surface area contributed by atoms with Gasteiger partial charge in [-0.2, -0.15) is 0 Å². The molecule has 1 aromatic carbocycles. The van der Waals surface area contributed by atoms with Gasteiger partial charge in [0.15, 0.2) is 0 Å². The van der Waals surface area contributed by atoms with E-state index in [-0.39, 0.29) is 6.42 Å². The molecular weight excluding hydrogens is 300 g/mol. The van der Waals surface area contributed by atoms with Crippen LogP contribution in [0, 0.1) is 0 Å². The van der Waals surface area contributed by atoms with E-state index in [1.54, 1.807) is 30.4 Å². The first-order chi connectivity index (χ1) is 10.8. The predicted molar refractivity (Wildman–Crippen MR) is 85.3 cm³/mol. The Morgan fingerprint density at radius 2 is 1.48 bits per heavy atom. The Kier molecular flexibility index (Phi) is 5.05. The first-order valence-corrected chi connectivity index (χ1v) is 7.26. The van der Waals surface area contributed by atoms with Crippen LogP contribution in [0.25, 0.3) is 12.2 Å². The Bertz CT molecular complexity index is 583. The van der Waals surface area contributed by atoms with Crippen LogP contribution in [0.3, 0.4) is 0 Å². The molecule has 6 N–H and O–H groups in total. The second kappa shape index (κ2) is 6.52. The number of benzene rings is 1. The predicted octanol–water partition coefficient (Wildman–Crippen LogP) is -0.936. The van der Waals surface area contributed by atoms with Gasteiger partial charge in [-0.15, -0.1) is 0 Å². The molecule has 6 nitrogen and oxygen atoms in total. The molecule has 0 radical (unpaired) electrons. The summed E-state index contributed by atoms with van der Waals surface area (Å²) in [6.45, 7) is 7.34. The summed E-state index contributed by atoms with van der Waals surface area (Å²) in [4.78, 5) is 0. The Labute approximate surface area is 134 Å². The maximum absolute atomic E-state index is 10.7. The normalized spacial score (nSPS) is 37.4. The van der Waals surface area contributed by atoms with E-state index in [1.165, 1.54) is 0 Å². The summed E-state index contributed by atoms with van der Waals surface area (Å²) in [6.07, 6.45) is -6.01. The molecule has 23 heavy (non-hydrogen) atoms. The lowest BCUT2D eigenvalue weighted by molar-refractivity contribution is -0.267. The van der Waals surface area contributed by atoms with Crippen molar-refractivity contribution in [3.05, 3.63) is 48.0 Å². The van der Waals surface area contributed by atoms with Crippen LogP contribution < -0.4 is 0 Å². The summed E-state index contributed by atoms with van der Waals surface area (Å²) in [5.74, 6) is 0. The third-order valence-corrected chi connectivity index (χ3v) is 4.47. The number of rotatable bonds is 4. The van der Waals surface area contributed by atoms with Gasteiger partial charge >= 0.3 is 0 Å². The molecule has 2 unspecified atom stereocenters. The number of hydrogen-bond donors (Lipinski definition) is 6. The van der Waals surface area contributed by atoms with Crippen LogP contribution >= 0.6 is 0 Å². The van der Waals surface area contributed by atoms with Crippen LogP contribution in [0.5, 0.6) is 0 Å². The average Bonchev–Trinajstić information content (AvgIpc) is 2.57. The highest BCUT2D eigenvalue weighted by atomic mass is 16.4. The van der Waals surface area contributed by atoms with Gasteiger partial charge in [-0.05, 0) is 22.8 Å². The van der Waals surface area contributed by atoms with E-state index in [0.29, 0.717) is 11.1 Å². The van der Waals surface area contributed by atoms with Gasteiger partial charge in [0.2, 0.25) is 0 Å². The molecule has 6 atom stereocenters. The van der Waals surface area contributed by atoms with E-state index in [1.807, 2.05) is 0 Å². The summed E-state index contributed by atoms with van der Waals surface area (Å²) >= 11 is 0. The van der Waals surface area contributed by atoms with Crippen LogP contribution in [-0.4, -0.2) is 66.8 Å². The molecule has 1 aliphatic carbocycles. The van der Waals surface area contributed by atoms with Crippen molar-refractivity contribution in [2.45, 2.75) is 42.5 Å². The van der Waals surface area contributed by atoms with E-state index in [2.05, 4.69) is 13.2 Å². The fourth-order valence-corrected chi connectivity index (χ4v) is 2.95. The van der Waals surface area contributed by atoms with Crippen LogP contribution in [0.15, 0.2) is 31.4 Å². The second-order valence-corrected chi connectivity index (χ2v) is 5.90. The average molecular weight is 322 g/mol. The van der Waals surface area contributed by atoms with Crippen molar-refractivity contribution in [2.24, 2.45) is 0 Å². The Morgan fingerprint density at radius 3 is 1.96 bits per heavy atom. The molecular formula is C17H22O6. The van der Waals surface area contributed by atoms with Crippen LogP contribution in [0.2, 0.25) is 0 Å². The third kappa shape index (κ3) is 2.97. The molecule has 0 saturated heterocycles. The van der Waals surface area contributed by atoms with E-state index >= 15 is 0 Å². The zero-order chi connectivity index (χ0) is 17.4. The van der Waals surface area contributed by atoms with Crippen LogP contribution in [0.1, 0.15) is 16.7 Å². The molecule has 126 valence electrons. The van der Waals surface area contributed by atoms with Gasteiger partial charge in [0.1, 0.15) is 36.1 Å². The van der Waals surface area contributed by atoms with Gasteiger partial charge in [0, 0.05) is 6.42 Å². The Morgan fingerprint density at radius 1 is 0.913 bits per heavy atom.